The second kappa shape index (κ2) is 4.37. The SMILES string of the molecule is O=C(NCCO)c1ccc2scnc2c1. The number of thiazole rings is 1. The van der Waals surface area contributed by atoms with Crippen LogP contribution < -0.4 is 5.32 Å². The van der Waals surface area contributed by atoms with E-state index in [0.717, 1.165) is 10.2 Å². The van der Waals surface area contributed by atoms with E-state index in [9.17, 15) is 4.79 Å². The predicted octanol–water partition coefficient (Wildman–Crippen LogP) is 1.02. The van der Waals surface area contributed by atoms with Gasteiger partial charge in [-0.1, -0.05) is 0 Å². The Hall–Kier alpha value is -1.46. The number of aromatic nitrogens is 1. The lowest BCUT2D eigenvalue weighted by molar-refractivity contribution is 0.0945. The van der Waals surface area contributed by atoms with E-state index in [1.807, 2.05) is 6.07 Å². The molecule has 0 aliphatic rings. The Morgan fingerprint density at radius 1 is 1.53 bits per heavy atom. The van der Waals surface area contributed by atoms with Crippen molar-refractivity contribution in [3.05, 3.63) is 29.3 Å². The molecule has 0 fully saturated rings. The molecule has 2 N–H and O–H groups in total. The highest BCUT2D eigenvalue weighted by molar-refractivity contribution is 7.16. The highest BCUT2D eigenvalue weighted by atomic mass is 32.1. The molecule has 0 unspecified atom stereocenters. The molecule has 4 nitrogen and oxygen atoms in total. The monoisotopic (exact) mass is 222 g/mol. The summed E-state index contributed by atoms with van der Waals surface area (Å²) in [6, 6.07) is 5.38. The van der Waals surface area contributed by atoms with Crippen molar-refractivity contribution >= 4 is 27.5 Å². The number of rotatable bonds is 3. The van der Waals surface area contributed by atoms with Crippen LogP contribution >= 0.6 is 11.3 Å². The molecule has 0 radical (unpaired) electrons. The minimum Gasteiger partial charge on any atom is -0.395 e. The van der Waals surface area contributed by atoms with Crippen LogP contribution in [0.5, 0.6) is 0 Å². The van der Waals surface area contributed by atoms with Crippen molar-refractivity contribution in [2.24, 2.45) is 0 Å². The number of hydrogen-bond acceptors (Lipinski definition) is 4. The number of nitrogens with zero attached hydrogens (tertiary/aromatic N) is 1. The summed E-state index contributed by atoms with van der Waals surface area (Å²) in [5.41, 5.74) is 3.15. The summed E-state index contributed by atoms with van der Waals surface area (Å²) in [6.07, 6.45) is 0. The minimum atomic E-state index is -0.182. The first-order valence-electron chi connectivity index (χ1n) is 4.53. The summed E-state index contributed by atoms with van der Waals surface area (Å²) >= 11 is 1.54. The number of aliphatic hydroxyl groups is 1. The second-order valence-corrected chi connectivity index (χ2v) is 3.90. The van der Waals surface area contributed by atoms with Crippen LogP contribution in [0.4, 0.5) is 0 Å². The van der Waals surface area contributed by atoms with Gasteiger partial charge in [-0.05, 0) is 18.2 Å². The largest absolute Gasteiger partial charge is 0.395 e. The first-order chi connectivity index (χ1) is 7.31. The van der Waals surface area contributed by atoms with Crippen molar-refractivity contribution in [3.63, 3.8) is 0 Å². The number of aliphatic hydroxyl groups excluding tert-OH is 1. The zero-order valence-electron chi connectivity index (χ0n) is 7.93. The summed E-state index contributed by atoms with van der Waals surface area (Å²) in [5.74, 6) is -0.182. The molecule has 2 aromatic rings. The zero-order valence-corrected chi connectivity index (χ0v) is 8.75. The number of hydrogen-bond donors (Lipinski definition) is 2. The number of carbonyl (C=O) groups excluding carboxylic acids is 1. The van der Waals surface area contributed by atoms with Crippen LogP contribution in [0.2, 0.25) is 0 Å². The van der Waals surface area contributed by atoms with E-state index < -0.39 is 0 Å². The molecule has 1 aromatic carbocycles. The van der Waals surface area contributed by atoms with Crippen LogP contribution in [-0.4, -0.2) is 29.1 Å². The Labute approximate surface area is 90.6 Å². The fourth-order valence-corrected chi connectivity index (χ4v) is 1.93. The molecule has 1 heterocycles. The number of benzene rings is 1. The summed E-state index contributed by atoms with van der Waals surface area (Å²) in [5, 5.41) is 11.2. The van der Waals surface area contributed by atoms with Gasteiger partial charge in [0.1, 0.15) is 0 Å². The van der Waals surface area contributed by atoms with E-state index in [1.165, 1.54) is 0 Å². The van der Waals surface area contributed by atoms with E-state index in [1.54, 1.807) is 29.0 Å². The summed E-state index contributed by atoms with van der Waals surface area (Å²) in [4.78, 5) is 15.7. The molecule has 0 saturated carbocycles. The molecule has 2 rings (SSSR count). The third kappa shape index (κ3) is 2.14. The van der Waals surface area contributed by atoms with Crippen molar-refractivity contribution in [2.45, 2.75) is 0 Å². The number of amides is 1. The van der Waals surface area contributed by atoms with Gasteiger partial charge in [-0.15, -0.1) is 11.3 Å². The molecule has 1 amide bonds. The molecule has 78 valence electrons. The molecule has 0 bridgehead atoms. The van der Waals surface area contributed by atoms with Crippen LogP contribution in [0.3, 0.4) is 0 Å². The van der Waals surface area contributed by atoms with Crippen molar-refractivity contribution in [1.29, 1.82) is 0 Å². The molecule has 0 atom stereocenters. The Morgan fingerprint density at radius 3 is 3.20 bits per heavy atom. The summed E-state index contributed by atoms with van der Waals surface area (Å²) in [7, 11) is 0. The van der Waals surface area contributed by atoms with Gasteiger partial charge in [0.05, 0.1) is 22.3 Å². The second-order valence-electron chi connectivity index (χ2n) is 3.01. The summed E-state index contributed by atoms with van der Waals surface area (Å²) in [6.45, 7) is 0.221. The number of nitrogens with one attached hydrogen (secondary N) is 1. The van der Waals surface area contributed by atoms with Crippen molar-refractivity contribution in [3.8, 4) is 0 Å². The van der Waals surface area contributed by atoms with Gasteiger partial charge in [-0.25, -0.2) is 4.98 Å². The smallest absolute Gasteiger partial charge is 0.251 e. The van der Waals surface area contributed by atoms with Gasteiger partial charge in [-0.2, -0.15) is 0 Å². The third-order valence-electron chi connectivity index (χ3n) is 1.99. The lowest BCUT2D eigenvalue weighted by atomic mass is 10.2. The van der Waals surface area contributed by atoms with Gasteiger partial charge in [0, 0.05) is 12.1 Å². The highest BCUT2D eigenvalue weighted by Gasteiger charge is 2.06. The first kappa shape index (κ1) is 10.1. The average molecular weight is 222 g/mol. The van der Waals surface area contributed by atoms with E-state index in [4.69, 9.17) is 5.11 Å². The normalized spacial score (nSPS) is 10.5. The molecule has 0 aliphatic carbocycles. The standard InChI is InChI=1S/C10H10N2O2S/c13-4-3-11-10(14)7-1-2-9-8(5-7)12-6-15-9/h1-2,5-6,13H,3-4H2,(H,11,14). The topological polar surface area (TPSA) is 62.2 Å². The van der Waals surface area contributed by atoms with Crippen LogP contribution in [0.25, 0.3) is 10.2 Å². The Kier molecular flexibility index (Phi) is 2.94. The molecule has 15 heavy (non-hydrogen) atoms. The maximum Gasteiger partial charge on any atom is 0.251 e. The summed E-state index contributed by atoms with van der Waals surface area (Å²) < 4.78 is 1.06. The number of fused-ring (bicyclic) bond motifs is 1. The predicted molar refractivity (Wildman–Crippen MR) is 59.0 cm³/mol. The first-order valence-corrected chi connectivity index (χ1v) is 5.41. The van der Waals surface area contributed by atoms with Crippen molar-refractivity contribution in [1.82, 2.24) is 10.3 Å². The quantitative estimate of drug-likeness (QED) is 0.815. The van der Waals surface area contributed by atoms with Gasteiger partial charge in [0.25, 0.3) is 5.91 Å². The van der Waals surface area contributed by atoms with Crippen LogP contribution in [-0.2, 0) is 0 Å². The van der Waals surface area contributed by atoms with E-state index in [-0.39, 0.29) is 19.1 Å². The van der Waals surface area contributed by atoms with Gasteiger partial charge in [-0.3, -0.25) is 4.79 Å². The molecule has 0 saturated heterocycles. The Balaban J connectivity index is 2.23. The number of carbonyl (C=O) groups is 1. The van der Waals surface area contributed by atoms with Gasteiger partial charge in [0.15, 0.2) is 0 Å². The van der Waals surface area contributed by atoms with E-state index in [0.29, 0.717) is 5.56 Å². The van der Waals surface area contributed by atoms with Gasteiger partial charge in [0.2, 0.25) is 0 Å². The fourth-order valence-electron chi connectivity index (χ4n) is 1.27. The van der Waals surface area contributed by atoms with Crippen molar-refractivity contribution < 1.29 is 9.90 Å². The molecular weight excluding hydrogens is 212 g/mol. The lowest BCUT2D eigenvalue weighted by Crippen LogP contribution is -2.26. The van der Waals surface area contributed by atoms with Crippen molar-refractivity contribution in [2.75, 3.05) is 13.2 Å². The maximum atomic E-state index is 11.5. The molecule has 5 heteroatoms. The Morgan fingerprint density at radius 2 is 2.40 bits per heavy atom. The van der Waals surface area contributed by atoms with Crippen LogP contribution in [0, 0.1) is 0 Å². The molecule has 1 aromatic heterocycles. The average Bonchev–Trinajstić information content (AvgIpc) is 2.72. The molecular formula is C10H10N2O2S. The van der Waals surface area contributed by atoms with E-state index >= 15 is 0 Å². The lowest BCUT2D eigenvalue weighted by Gasteiger charge is -2.02. The van der Waals surface area contributed by atoms with E-state index in [2.05, 4.69) is 10.3 Å². The molecule has 0 aliphatic heterocycles. The minimum absolute atomic E-state index is 0.0509. The third-order valence-corrected chi connectivity index (χ3v) is 2.80. The van der Waals surface area contributed by atoms with Gasteiger partial charge >= 0.3 is 0 Å². The highest BCUT2D eigenvalue weighted by Crippen LogP contribution is 2.18. The van der Waals surface area contributed by atoms with Crippen LogP contribution in [0.15, 0.2) is 23.7 Å². The van der Waals surface area contributed by atoms with Gasteiger partial charge < -0.3 is 10.4 Å². The molecule has 0 spiro atoms. The fraction of sp³-hybridized carbons (Fsp3) is 0.200. The van der Waals surface area contributed by atoms with Crippen LogP contribution in [0.1, 0.15) is 10.4 Å². The Bertz CT molecular complexity index is 481. The zero-order chi connectivity index (χ0) is 10.7. The maximum absolute atomic E-state index is 11.5.